The first-order valence-electron chi connectivity index (χ1n) is 8.69. The van der Waals surface area contributed by atoms with E-state index in [1.165, 1.54) is 18.4 Å². The van der Waals surface area contributed by atoms with Gasteiger partial charge in [0.1, 0.15) is 11.5 Å². The van der Waals surface area contributed by atoms with Crippen molar-refractivity contribution >= 4 is 21.6 Å². The highest BCUT2D eigenvalue weighted by molar-refractivity contribution is 7.89. The first-order valence-corrected chi connectivity index (χ1v) is 10.2. The lowest BCUT2D eigenvalue weighted by Crippen LogP contribution is -2.23. The minimum Gasteiger partial charge on any atom is -0.468 e. The summed E-state index contributed by atoms with van der Waals surface area (Å²) in [6.07, 6.45) is 2.20. The van der Waals surface area contributed by atoms with E-state index in [1.54, 1.807) is 31.2 Å². The van der Waals surface area contributed by atoms with E-state index in [1.807, 2.05) is 6.92 Å². The van der Waals surface area contributed by atoms with Gasteiger partial charge in [-0.1, -0.05) is 11.2 Å². The summed E-state index contributed by atoms with van der Waals surface area (Å²) in [5, 5.41) is 6.59. The Morgan fingerprint density at radius 1 is 1.18 bits per heavy atom. The van der Waals surface area contributed by atoms with Crippen molar-refractivity contribution in [2.45, 2.75) is 38.1 Å². The summed E-state index contributed by atoms with van der Waals surface area (Å²) in [4.78, 5) is 12.3. The third-order valence-electron chi connectivity index (χ3n) is 4.23. The van der Waals surface area contributed by atoms with Gasteiger partial charge in [0.05, 0.1) is 23.4 Å². The maximum Gasteiger partial charge on any atom is 0.241 e. The Hall–Kier alpha value is -2.91. The molecule has 8 nitrogen and oxygen atoms in total. The number of anilines is 1. The quantitative estimate of drug-likeness (QED) is 0.598. The number of furan rings is 1. The maximum atomic E-state index is 12.4. The number of hydrogen-bond donors (Lipinski definition) is 2. The minimum absolute atomic E-state index is 0.0450. The van der Waals surface area contributed by atoms with Gasteiger partial charge in [-0.2, -0.15) is 0 Å². The number of benzene rings is 1. The van der Waals surface area contributed by atoms with Crippen molar-refractivity contribution < 1.29 is 22.2 Å². The number of aromatic nitrogens is 1. The summed E-state index contributed by atoms with van der Waals surface area (Å²) < 4.78 is 37.5. The monoisotopic (exact) mass is 403 g/mol. The second-order valence-electron chi connectivity index (χ2n) is 6.28. The lowest BCUT2D eigenvalue weighted by atomic mass is 10.1. The van der Waals surface area contributed by atoms with Crippen molar-refractivity contribution in [3.8, 4) is 0 Å². The molecule has 0 bridgehead atoms. The highest BCUT2D eigenvalue weighted by atomic mass is 32.2. The van der Waals surface area contributed by atoms with Crippen molar-refractivity contribution in [3.05, 3.63) is 65.4 Å². The van der Waals surface area contributed by atoms with E-state index in [0.717, 1.165) is 11.3 Å². The summed E-state index contributed by atoms with van der Waals surface area (Å²) in [5.74, 6) is 0.978. The molecule has 148 valence electrons. The molecule has 2 N–H and O–H groups in total. The summed E-state index contributed by atoms with van der Waals surface area (Å²) in [6.45, 7) is 3.68. The first kappa shape index (κ1) is 19.8. The average Bonchev–Trinajstić information content (AvgIpc) is 3.29. The molecule has 0 spiro atoms. The molecule has 0 unspecified atom stereocenters. The van der Waals surface area contributed by atoms with Crippen LogP contribution in [0.25, 0.3) is 0 Å². The van der Waals surface area contributed by atoms with Gasteiger partial charge in [-0.3, -0.25) is 4.79 Å². The second kappa shape index (κ2) is 8.41. The van der Waals surface area contributed by atoms with E-state index in [9.17, 15) is 13.2 Å². The molecule has 2 aromatic heterocycles. The van der Waals surface area contributed by atoms with Crippen LogP contribution in [0.15, 0.2) is 56.5 Å². The molecule has 0 saturated carbocycles. The van der Waals surface area contributed by atoms with Gasteiger partial charge in [-0.15, -0.1) is 0 Å². The van der Waals surface area contributed by atoms with E-state index >= 15 is 0 Å². The fourth-order valence-electron chi connectivity index (χ4n) is 2.72. The number of aryl methyl sites for hydroxylation is 2. The minimum atomic E-state index is -3.74. The molecule has 0 aliphatic carbocycles. The lowest BCUT2D eigenvalue weighted by Gasteiger charge is -2.09. The van der Waals surface area contributed by atoms with Gasteiger partial charge in [0.25, 0.3) is 0 Å². The number of amides is 1. The maximum absolute atomic E-state index is 12.4. The van der Waals surface area contributed by atoms with Crippen molar-refractivity contribution in [1.82, 2.24) is 9.88 Å². The third kappa shape index (κ3) is 4.87. The molecule has 1 amide bonds. The summed E-state index contributed by atoms with van der Waals surface area (Å²) in [6, 6.07) is 9.45. The average molecular weight is 403 g/mol. The highest BCUT2D eigenvalue weighted by Crippen LogP contribution is 2.18. The zero-order valence-corrected chi connectivity index (χ0v) is 16.4. The molecule has 2 heterocycles. The Kier molecular flexibility index (Phi) is 5.96. The summed E-state index contributed by atoms with van der Waals surface area (Å²) >= 11 is 0. The normalized spacial score (nSPS) is 11.5. The zero-order valence-electron chi connectivity index (χ0n) is 15.6. The SMILES string of the molecule is Cc1noc(C)c1CCC(=O)Nc1cccc(S(=O)(=O)NCc2ccco2)c1. The van der Waals surface area contributed by atoms with E-state index in [2.05, 4.69) is 15.2 Å². The topological polar surface area (TPSA) is 114 Å². The number of rotatable bonds is 8. The Morgan fingerprint density at radius 3 is 2.68 bits per heavy atom. The van der Waals surface area contributed by atoms with Crippen LogP contribution in [0.5, 0.6) is 0 Å². The smallest absolute Gasteiger partial charge is 0.241 e. The highest BCUT2D eigenvalue weighted by Gasteiger charge is 2.16. The molecule has 28 heavy (non-hydrogen) atoms. The molecular formula is C19H21N3O5S. The largest absolute Gasteiger partial charge is 0.468 e. The fourth-order valence-corrected chi connectivity index (χ4v) is 3.76. The van der Waals surface area contributed by atoms with Crippen LogP contribution in [-0.2, 0) is 27.8 Å². The van der Waals surface area contributed by atoms with Gasteiger partial charge in [0.15, 0.2) is 0 Å². The third-order valence-corrected chi connectivity index (χ3v) is 5.63. The molecule has 0 aliphatic rings. The molecule has 0 atom stereocenters. The summed E-state index contributed by atoms with van der Waals surface area (Å²) in [7, 11) is -3.74. The van der Waals surface area contributed by atoms with Crippen LogP contribution < -0.4 is 10.0 Å². The predicted molar refractivity (Wildman–Crippen MR) is 102 cm³/mol. The van der Waals surface area contributed by atoms with Crippen LogP contribution in [0, 0.1) is 13.8 Å². The van der Waals surface area contributed by atoms with Crippen molar-refractivity contribution in [1.29, 1.82) is 0 Å². The molecule has 0 aliphatic heterocycles. The Morgan fingerprint density at radius 2 is 2.00 bits per heavy atom. The number of nitrogens with one attached hydrogen (secondary N) is 2. The second-order valence-corrected chi connectivity index (χ2v) is 8.05. The van der Waals surface area contributed by atoms with Crippen molar-refractivity contribution in [3.63, 3.8) is 0 Å². The molecule has 3 rings (SSSR count). The molecule has 1 aromatic carbocycles. The van der Waals surface area contributed by atoms with Crippen LogP contribution in [0.1, 0.15) is 29.2 Å². The Balaban J connectivity index is 1.61. The number of carbonyl (C=O) groups excluding carboxylic acids is 1. The molecule has 0 radical (unpaired) electrons. The van der Waals surface area contributed by atoms with Gasteiger partial charge in [-0.25, -0.2) is 13.1 Å². The van der Waals surface area contributed by atoms with Crippen molar-refractivity contribution in [2.24, 2.45) is 0 Å². The van der Waals surface area contributed by atoms with E-state index in [4.69, 9.17) is 8.94 Å². The Bertz CT molecular complexity index is 1040. The fraction of sp³-hybridized carbons (Fsp3) is 0.263. The number of hydrogen-bond acceptors (Lipinski definition) is 6. The van der Waals surface area contributed by atoms with E-state index in [-0.39, 0.29) is 23.8 Å². The van der Waals surface area contributed by atoms with Gasteiger partial charge in [0, 0.05) is 17.7 Å². The molecular weight excluding hydrogens is 382 g/mol. The predicted octanol–water partition coefficient (Wildman–Crippen LogP) is 2.93. The van der Waals surface area contributed by atoms with Crippen molar-refractivity contribution in [2.75, 3.05) is 5.32 Å². The molecule has 3 aromatic rings. The van der Waals surface area contributed by atoms with Crippen LogP contribution in [0.3, 0.4) is 0 Å². The summed E-state index contributed by atoms with van der Waals surface area (Å²) in [5.41, 5.74) is 2.08. The molecule has 0 saturated heterocycles. The van der Waals surface area contributed by atoms with Gasteiger partial charge in [0.2, 0.25) is 15.9 Å². The first-order chi connectivity index (χ1) is 13.3. The molecule has 9 heteroatoms. The van der Waals surface area contributed by atoms with Crippen LogP contribution in [0.4, 0.5) is 5.69 Å². The van der Waals surface area contributed by atoms with E-state index < -0.39 is 10.0 Å². The number of sulfonamides is 1. The standard InChI is InChI=1S/C19H21N3O5S/c1-13-18(14(2)27-22-13)8-9-19(23)21-15-5-3-7-17(11-15)28(24,25)20-12-16-6-4-10-26-16/h3-7,10-11,20H,8-9,12H2,1-2H3,(H,21,23). The number of carbonyl (C=O) groups is 1. The Labute approximate surface area is 163 Å². The van der Waals surface area contributed by atoms with Gasteiger partial charge < -0.3 is 14.3 Å². The molecule has 0 fully saturated rings. The number of nitrogens with zero attached hydrogens (tertiary/aromatic N) is 1. The zero-order chi connectivity index (χ0) is 20.1. The van der Waals surface area contributed by atoms with Gasteiger partial charge in [-0.05, 0) is 50.6 Å². The van der Waals surface area contributed by atoms with Crippen LogP contribution in [0.2, 0.25) is 0 Å². The lowest BCUT2D eigenvalue weighted by molar-refractivity contribution is -0.116. The van der Waals surface area contributed by atoms with E-state index in [0.29, 0.717) is 23.6 Å². The van der Waals surface area contributed by atoms with Crippen LogP contribution in [-0.4, -0.2) is 19.5 Å². The van der Waals surface area contributed by atoms with Crippen LogP contribution >= 0.6 is 0 Å². The van der Waals surface area contributed by atoms with Gasteiger partial charge >= 0.3 is 0 Å².